The molecule has 158 valence electrons. The van der Waals surface area contributed by atoms with Gasteiger partial charge in [0, 0.05) is 16.6 Å². The van der Waals surface area contributed by atoms with Crippen LogP contribution in [0.3, 0.4) is 0 Å². The van der Waals surface area contributed by atoms with Crippen molar-refractivity contribution >= 4 is 36.2 Å². The topological polar surface area (TPSA) is 90.6 Å². The summed E-state index contributed by atoms with van der Waals surface area (Å²) in [5.74, 6) is -0.282. The summed E-state index contributed by atoms with van der Waals surface area (Å²) in [4.78, 5) is 13.9. The second kappa shape index (κ2) is 10.0. The van der Waals surface area contributed by atoms with Gasteiger partial charge in [0.2, 0.25) is 0 Å². The van der Waals surface area contributed by atoms with E-state index in [4.69, 9.17) is 14.8 Å². The number of hydrogen-bond donors (Lipinski definition) is 2. The molecule has 0 bridgehead atoms. The van der Waals surface area contributed by atoms with E-state index in [1.165, 1.54) is 0 Å². The lowest BCUT2D eigenvalue weighted by molar-refractivity contribution is 0.102. The molecule has 0 spiro atoms. The monoisotopic (exact) mass is 444 g/mol. The number of hydrogen-bond acceptors (Lipinski definition) is 6. The Morgan fingerprint density at radius 3 is 2.63 bits per heavy atom. The molecule has 1 amide bonds. The minimum atomic E-state index is -3.11. The molecule has 1 atom stereocenters. The molecule has 0 aliphatic rings. The van der Waals surface area contributed by atoms with Crippen molar-refractivity contribution in [3.8, 4) is 10.4 Å². The second-order valence-corrected chi connectivity index (χ2v) is 9.87. The third-order valence-electron chi connectivity index (χ3n) is 4.44. The summed E-state index contributed by atoms with van der Waals surface area (Å²) in [5, 5.41) is 4.88. The summed E-state index contributed by atoms with van der Waals surface area (Å²) in [6, 6.07) is 16.6. The molecular formula is C22H25N2O4PS. The van der Waals surface area contributed by atoms with Crippen molar-refractivity contribution in [2.45, 2.75) is 20.5 Å². The smallest absolute Gasteiger partial charge is 0.330 e. The summed E-state index contributed by atoms with van der Waals surface area (Å²) in [5.41, 5.74) is 9.29. The molecule has 0 saturated heterocycles. The van der Waals surface area contributed by atoms with Crippen LogP contribution in [-0.4, -0.2) is 18.7 Å². The van der Waals surface area contributed by atoms with Crippen LogP contribution in [0.2, 0.25) is 0 Å². The second-order valence-electron chi connectivity index (χ2n) is 6.55. The maximum Gasteiger partial charge on any atom is 0.330 e. The van der Waals surface area contributed by atoms with E-state index in [1.54, 1.807) is 49.4 Å². The van der Waals surface area contributed by atoms with Crippen molar-refractivity contribution in [3.05, 3.63) is 71.1 Å². The number of nitrogens with one attached hydrogen (secondary N) is 1. The summed E-state index contributed by atoms with van der Waals surface area (Å²) >= 11 is 1.62. The number of amides is 1. The average Bonchev–Trinajstić information content (AvgIpc) is 3.29. The molecule has 30 heavy (non-hydrogen) atoms. The molecule has 3 aromatic rings. The first-order valence-electron chi connectivity index (χ1n) is 9.66. The average molecular weight is 444 g/mol. The van der Waals surface area contributed by atoms with Gasteiger partial charge < -0.3 is 20.1 Å². The Hall–Kier alpha value is -2.44. The van der Waals surface area contributed by atoms with Crippen LogP contribution in [-0.2, 0) is 20.2 Å². The molecular weight excluding hydrogens is 419 g/mol. The van der Waals surface area contributed by atoms with Crippen molar-refractivity contribution in [3.63, 3.8) is 0 Å². The van der Waals surface area contributed by atoms with E-state index in [0.29, 0.717) is 29.7 Å². The Morgan fingerprint density at radius 2 is 1.93 bits per heavy atom. The van der Waals surface area contributed by atoms with Crippen LogP contribution in [0.4, 0.5) is 11.4 Å². The van der Waals surface area contributed by atoms with E-state index < -0.39 is 7.60 Å². The third kappa shape index (κ3) is 5.58. The maximum atomic E-state index is 12.8. The molecule has 6 nitrogen and oxygen atoms in total. The predicted octanol–water partition coefficient (Wildman–Crippen LogP) is 6.02. The SMILES string of the molecule is CCOP(=O)(CC)OCc1cccc(C(=O)Nc2cc(-c3cccs3)ccc2N)c1. The third-order valence-corrected chi connectivity index (χ3v) is 7.30. The summed E-state index contributed by atoms with van der Waals surface area (Å²) in [7, 11) is -3.11. The Balaban J connectivity index is 1.73. The van der Waals surface area contributed by atoms with Gasteiger partial charge in [-0.25, -0.2) is 0 Å². The van der Waals surface area contributed by atoms with Crippen molar-refractivity contribution in [2.24, 2.45) is 0 Å². The van der Waals surface area contributed by atoms with Crippen LogP contribution in [0.1, 0.15) is 29.8 Å². The number of carbonyl (C=O) groups is 1. The Kier molecular flexibility index (Phi) is 7.45. The maximum absolute atomic E-state index is 12.8. The normalized spacial score (nSPS) is 13.0. The van der Waals surface area contributed by atoms with Crippen molar-refractivity contribution in [2.75, 3.05) is 23.8 Å². The number of nitrogens with two attached hydrogens (primary N) is 1. The molecule has 0 radical (unpaired) electrons. The fraction of sp³-hybridized carbons (Fsp3) is 0.227. The van der Waals surface area contributed by atoms with Crippen LogP contribution in [0.5, 0.6) is 0 Å². The van der Waals surface area contributed by atoms with E-state index in [0.717, 1.165) is 16.0 Å². The van der Waals surface area contributed by atoms with Gasteiger partial charge in [0.25, 0.3) is 5.91 Å². The van der Waals surface area contributed by atoms with Gasteiger partial charge in [-0.05, 0) is 53.8 Å². The molecule has 0 aliphatic heterocycles. The largest absolute Gasteiger partial charge is 0.397 e. The highest BCUT2D eigenvalue weighted by atomic mass is 32.1. The van der Waals surface area contributed by atoms with Crippen molar-refractivity contribution < 1.29 is 18.4 Å². The van der Waals surface area contributed by atoms with Gasteiger partial charge in [0.05, 0.1) is 24.6 Å². The van der Waals surface area contributed by atoms with Gasteiger partial charge >= 0.3 is 7.60 Å². The van der Waals surface area contributed by atoms with Crippen LogP contribution in [0.15, 0.2) is 60.0 Å². The molecule has 1 heterocycles. The molecule has 0 saturated carbocycles. The molecule has 1 unspecified atom stereocenters. The van der Waals surface area contributed by atoms with Gasteiger partial charge in [0.1, 0.15) is 0 Å². The highest BCUT2D eigenvalue weighted by Crippen LogP contribution is 2.48. The van der Waals surface area contributed by atoms with Crippen molar-refractivity contribution in [1.29, 1.82) is 0 Å². The van der Waals surface area contributed by atoms with Crippen LogP contribution >= 0.6 is 18.9 Å². The Labute approximate surface area is 180 Å². The standard InChI is InChI=1S/C22H25N2O4PS/c1-3-27-29(26,4-2)28-15-16-7-5-8-18(13-16)22(25)24-20-14-17(10-11-19(20)23)21-9-6-12-30-21/h5-14H,3-4,15,23H2,1-2H3,(H,24,25). The zero-order chi connectivity index (χ0) is 21.6. The Morgan fingerprint density at radius 1 is 1.10 bits per heavy atom. The van der Waals surface area contributed by atoms with Crippen LogP contribution < -0.4 is 11.1 Å². The molecule has 3 N–H and O–H groups in total. The van der Waals surface area contributed by atoms with E-state index in [1.807, 2.05) is 35.7 Å². The fourth-order valence-electron chi connectivity index (χ4n) is 2.85. The van der Waals surface area contributed by atoms with Gasteiger partial charge in [-0.15, -0.1) is 11.3 Å². The number of rotatable bonds is 9. The summed E-state index contributed by atoms with van der Waals surface area (Å²) in [6.45, 7) is 3.95. The van der Waals surface area contributed by atoms with Crippen LogP contribution in [0, 0.1) is 0 Å². The molecule has 0 aliphatic carbocycles. The lowest BCUT2D eigenvalue weighted by Gasteiger charge is -2.16. The minimum Gasteiger partial charge on any atom is -0.397 e. The van der Waals surface area contributed by atoms with E-state index in [2.05, 4.69) is 5.32 Å². The zero-order valence-electron chi connectivity index (χ0n) is 17.0. The summed E-state index contributed by atoms with van der Waals surface area (Å²) in [6.07, 6.45) is 0.293. The highest BCUT2D eigenvalue weighted by molar-refractivity contribution is 7.53. The number of anilines is 2. The first-order valence-corrected chi connectivity index (χ1v) is 12.3. The molecule has 3 rings (SSSR count). The number of carbonyl (C=O) groups excluding carboxylic acids is 1. The van der Waals surface area contributed by atoms with Crippen molar-refractivity contribution in [1.82, 2.24) is 0 Å². The first-order chi connectivity index (χ1) is 14.4. The van der Waals surface area contributed by atoms with Gasteiger partial charge in [-0.2, -0.15) is 0 Å². The van der Waals surface area contributed by atoms with E-state index in [-0.39, 0.29) is 12.5 Å². The minimum absolute atomic E-state index is 0.0994. The van der Waals surface area contributed by atoms with E-state index >= 15 is 0 Å². The first kappa shape index (κ1) is 22.2. The lowest BCUT2D eigenvalue weighted by atomic mass is 10.1. The Bertz CT molecular complexity index is 1050. The van der Waals surface area contributed by atoms with Gasteiger partial charge in [-0.1, -0.05) is 31.2 Å². The van der Waals surface area contributed by atoms with Gasteiger partial charge in [-0.3, -0.25) is 9.36 Å². The molecule has 2 aromatic carbocycles. The highest BCUT2D eigenvalue weighted by Gasteiger charge is 2.21. The zero-order valence-corrected chi connectivity index (χ0v) is 18.7. The molecule has 1 aromatic heterocycles. The predicted molar refractivity (Wildman–Crippen MR) is 123 cm³/mol. The fourth-order valence-corrected chi connectivity index (χ4v) is 4.75. The number of nitrogen functional groups attached to an aromatic ring is 1. The molecule has 8 heteroatoms. The van der Waals surface area contributed by atoms with Gasteiger partial charge in [0.15, 0.2) is 0 Å². The number of benzene rings is 2. The lowest BCUT2D eigenvalue weighted by Crippen LogP contribution is -2.13. The number of thiophene rings is 1. The molecule has 0 fully saturated rings. The van der Waals surface area contributed by atoms with E-state index in [9.17, 15) is 9.36 Å². The quantitative estimate of drug-likeness (QED) is 0.311. The van der Waals surface area contributed by atoms with Crippen LogP contribution in [0.25, 0.3) is 10.4 Å². The summed E-state index contributed by atoms with van der Waals surface area (Å²) < 4.78 is 23.2.